The quantitative estimate of drug-likeness (QED) is 0.704. The highest BCUT2D eigenvalue weighted by molar-refractivity contribution is 5.95. The Labute approximate surface area is 153 Å². The van der Waals surface area contributed by atoms with E-state index in [0.717, 1.165) is 30.5 Å². The molecular formula is C22H21N3O. The van der Waals surface area contributed by atoms with Gasteiger partial charge in [-0.05, 0) is 44.0 Å². The number of hydrogen-bond acceptors (Lipinski definition) is 2. The number of nitrogens with zero attached hydrogens (tertiary/aromatic N) is 3. The van der Waals surface area contributed by atoms with Gasteiger partial charge in [0.1, 0.15) is 6.54 Å². The molecule has 0 radical (unpaired) electrons. The van der Waals surface area contributed by atoms with E-state index in [1.807, 2.05) is 35.2 Å². The maximum atomic E-state index is 13.0. The van der Waals surface area contributed by atoms with Crippen LogP contribution in [-0.2, 0) is 19.5 Å². The molecule has 0 aliphatic carbocycles. The summed E-state index contributed by atoms with van der Waals surface area (Å²) in [6.45, 7) is 3.77. The van der Waals surface area contributed by atoms with Crippen molar-refractivity contribution in [1.29, 1.82) is 5.26 Å². The molecule has 0 N–H and O–H groups in total. The van der Waals surface area contributed by atoms with Crippen molar-refractivity contribution >= 4 is 16.8 Å². The molecule has 2 heterocycles. The number of fused-ring (bicyclic) bond motifs is 3. The minimum Gasteiger partial charge on any atom is -0.334 e. The number of rotatable bonds is 2. The molecule has 0 saturated heterocycles. The van der Waals surface area contributed by atoms with Gasteiger partial charge < -0.3 is 9.47 Å². The van der Waals surface area contributed by atoms with Gasteiger partial charge in [-0.15, -0.1) is 0 Å². The first-order chi connectivity index (χ1) is 12.7. The molecular weight excluding hydrogens is 322 g/mol. The first-order valence-electron chi connectivity index (χ1n) is 9.01. The summed E-state index contributed by atoms with van der Waals surface area (Å²) in [7, 11) is 0. The lowest BCUT2D eigenvalue weighted by Crippen LogP contribution is -2.30. The van der Waals surface area contributed by atoms with Crippen LogP contribution in [0.4, 0.5) is 0 Å². The molecule has 26 heavy (non-hydrogen) atoms. The number of amides is 1. The van der Waals surface area contributed by atoms with Crippen LogP contribution in [0.3, 0.4) is 0 Å². The van der Waals surface area contributed by atoms with Crippen molar-refractivity contribution in [1.82, 2.24) is 9.47 Å². The predicted molar refractivity (Wildman–Crippen MR) is 102 cm³/mol. The van der Waals surface area contributed by atoms with Crippen LogP contribution in [0.5, 0.6) is 0 Å². The summed E-state index contributed by atoms with van der Waals surface area (Å²) < 4.78 is 2.13. The molecule has 1 aliphatic rings. The van der Waals surface area contributed by atoms with Gasteiger partial charge in [0, 0.05) is 40.8 Å². The molecule has 1 aromatic heterocycles. The zero-order valence-corrected chi connectivity index (χ0v) is 14.9. The minimum atomic E-state index is 0.0762. The number of benzene rings is 2. The maximum absolute atomic E-state index is 13.0. The van der Waals surface area contributed by atoms with Gasteiger partial charge in [-0.3, -0.25) is 4.79 Å². The molecule has 1 aliphatic heterocycles. The van der Waals surface area contributed by atoms with Crippen LogP contribution in [0.15, 0.2) is 48.5 Å². The monoisotopic (exact) mass is 343 g/mol. The second-order valence-electron chi connectivity index (χ2n) is 6.89. The number of nitriles is 1. The van der Waals surface area contributed by atoms with E-state index in [2.05, 4.69) is 35.8 Å². The highest BCUT2D eigenvalue weighted by Crippen LogP contribution is 2.31. The van der Waals surface area contributed by atoms with Gasteiger partial charge in [0.05, 0.1) is 6.07 Å². The largest absolute Gasteiger partial charge is 0.334 e. The summed E-state index contributed by atoms with van der Waals surface area (Å²) in [6, 6.07) is 18.1. The molecule has 3 aromatic rings. The second-order valence-corrected chi connectivity index (χ2v) is 6.89. The van der Waals surface area contributed by atoms with E-state index < -0.39 is 0 Å². The molecule has 0 atom stereocenters. The normalized spacial score (nSPS) is 13.9. The van der Waals surface area contributed by atoms with Gasteiger partial charge in [-0.1, -0.05) is 29.8 Å². The van der Waals surface area contributed by atoms with Crippen LogP contribution < -0.4 is 0 Å². The fraction of sp³-hybridized carbons (Fsp3) is 0.273. The van der Waals surface area contributed by atoms with Crippen LogP contribution in [-0.4, -0.2) is 21.9 Å². The molecule has 4 nitrogen and oxygen atoms in total. The van der Waals surface area contributed by atoms with Crippen LogP contribution in [0, 0.1) is 18.3 Å². The minimum absolute atomic E-state index is 0.0762. The van der Waals surface area contributed by atoms with Gasteiger partial charge in [0.2, 0.25) is 0 Å². The van der Waals surface area contributed by atoms with E-state index in [1.54, 1.807) is 0 Å². The number of aryl methyl sites for hydroxylation is 1. The van der Waals surface area contributed by atoms with Crippen molar-refractivity contribution in [3.8, 4) is 6.07 Å². The number of carbonyl (C=O) groups is 1. The molecule has 2 aromatic carbocycles. The fourth-order valence-corrected chi connectivity index (χ4v) is 3.95. The van der Waals surface area contributed by atoms with Crippen molar-refractivity contribution in [2.24, 2.45) is 0 Å². The van der Waals surface area contributed by atoms with Crippen LogP contribution in [0.1, 0.15) is 33.6 Å². The average molecular weight is 343 g/mol. The van der Waals surface area contributed by atoms with Crippen molar-refractivity contribution in [3.63, 3.8) is 0 Å². The molecule has 0 unspecified atom stereocenters. The van der Waals surface area contributed by atoms with Crippen molar-refractivity contribution in [3.05, 3.63) is 70.9 Å². The maximum Gasteiger partial charge on any atom is 0.254 e. The third-order valence-electron chi connectivity index (χ3n) is 5.17. The molecule has 0 saturated carbocycles. The van der Waals surface area contributed by atoms with Crippen LogP contribution in [0.2, 0.25) is 0 Å². The summed E-state index contributed by atoms with van der Waals surface area (Å²) in [4.78, 5) is 14.9. The molecule has 130 valence electrons. The first kappa shape index (κ1) is 16.4. The van der Waals surface area contributed by atoms with E-state index in [1.165, 1.54) is 22.2 Å². The topological polar surface area (TPSA) is 49.0 Å². The van der Waals surface area contributed by atoms with E-state index in [9.17, 15) is 10.1 Å². The zero-order chi connectivity index (χ0) is 18.1. The predicted octanol–water partition coefficient (Wildman–Crippen LogP) is 4.06. The SMILES string of the molecule is Cc1ccc2c(c1)c1c(n2CC#N)CCCN(C(=O)c2ccccc2)C1. The van der Waals surface area contributed by atoms with E-state index >= 15 is 0 Å². The average Bonchev–Trinajstić information content (AvgIpc) is 2.82. The lowest BCUT2D eigenvalue weighted by Gasteiger charge is -2.21. The third-order valence-corrected chi connectivity index (χ3v) is 5.17. The molecule has 4 rings (SSSR count). The summed E-state index contributed by atoms with van der Waals surface area (Å²) >= 11 is 0. The van der Waals surface area contributed by atoms with E-state index in [-0.39, 0.29) is 5.91 Å². The van der Waals surface area contributed by atoms with Gasteiger partial charge in [-0.25, -0.2) is 0 Å². The Morgan fingerprint density at radius 3 is 2.77 bits per heavy atom. The summed E-state index contributed by atoms with van der Waals surface area (Å²) in [5, 5.41) is 10.4. The first-order valence-corrected chi connectivity index (χ1v) is 9.01. The Morgan fingerprint density at radius 2 is 2.00 bits per heavy atom. The summed E-state index contributed by atoms with van der Waals surface area (Å²) in [5.74, 6) is 0.0762. The molecule has 0 fully saturated rings. The summed E-state index contributed by atoms with van der Waals surface area (Å²) in [5.41, 5.74) is 5.42. The van der Waals surface area contributed by atoms with Crippen molar-refractivity contribution in [2.45, 2.75) is 32.9 Å². The fourth-order valence-electron chi connectivity index (χ4n) is 3.95. The summed E-state index contributed by atoms with van der Waals surface area (Å²) in [6.07, 6.45) is 1.80. The molecule has 0 bridgehead atoms. The van der Waals surface area contributed by atoms with Crippen molar-refractivity contribution in [2.75, 3.05) is 6.54 Å². The number of carbonyl (C=O) groups excluding carboxylic acids is 1. The Hall–Kier alpha value is -3.06. The lowest BCUT2D eigenvalue weighted by molar-refractivity contribution is 0.0746. The van der Waals surface area contributed by atoms with Gasteiger partial charge in [0.25, 0.3) is 5.91 Å². The van der Waals surface area contributed by atoms with Crippen LogP contribution in [0.25, 0.3) is 10.9 Å². The highest BCUT2D eigenvalue weighted by atomic mass is 16.2. The third kappa shape index (κ3) is 2.76. The molecule has 1 amide bonds. The number of aromatic nitrogens is 1. The van der Waals surface area contributed by atoms with E-state index in [0.29, 0.717) is 13.1 Å². The molecule has 4 heteroatoms. The van der Waals surface area contributed by atoms with E-state index in [4.69, 9.17) is 0 Å². The van der Waals surface area contributed by atoms with Gasteiger partial charge in [-0.2, -0.15) is 5.26 Å². The van der Waals surface area contributed by atoms with Gasteiger partial charge in [0.15, 0.2) is 0 Å². The smallest absolute Gasteiger partial charge is 0.254 e. The van der Waals surface area contributed by atoms with Gasteiger partial charge >= 0.3 is 0 Å². The Bertz CT molecular complexity index is 1010. The zero-order valence-electron chi connectivity index (χ0n) is 14.9. The Balaban J connectivity index is 1.80. The van der Waals surface area contributed by atoms with Crippen molar-refractivity contribution < 1.29 is 4.79 Å². The Morgan fingerprint density at radius 1 is 1.19 bits per heavy atom. The standard InChI is InChI=1S/C22H21N3O/c1-16-9-10-21-18(14-16)19-15-24(22(26)17-6-3-2-4-7-17)12-5-8-20(19)25(21)13-11-23/h2-4,6-7,9-10,14H,5,8,12-13,15H2,1H3. The molecule has 0 spiro atoms. The second kappa shape index (κ2) is 6.68. The highest BCUT2D eigenvalue weighted by Gasteiger charge is 2.25. The number of hydrogen-bond donors (Lipinski definition) is 0. The lowest BCUT2D eigenvalue weighted by atomic mass is 10.1. The van der Waals surface area contributed by atoms with Crippen LogP contribution >= 0.6 is 0 Å². The Kier molecular flexibility index (Phi) is 4.22.